The highest BCUT2D eigenvalue weighted by Gasteiger charge is 2.17. The van der Waals surface area contributed by atoms with Gasteiger partial charge in [0.05, 0.1) is 18.8 Å². The third-order valence-electron chi connectivity index (χ3n) is 1.86. The van der Waals surface area contributed by atoms with Crippen molar-refractivity contribution >= 4 is 0 Å². The minimum absolute atomic E-state index is 0.337. The van der Waals surface area contributed by atoms with Crippen LogP contribution in [0, 0.1) is 0 Å². The molecule has 0 bridgehead atoms. The van der Waals surface area contributed by atoms with Crippen LogP contribution in [0.25, 0.3) is 0 Å². The summed E-state index contributed by atoms with van der Waals surface area (Å²) in [6.07, 6.45) is 4.91. The molecule has 0 aliphatic carbocycles. The van der Waals surface area contributed by atoms with E-state index in [0.29, 0.717) is 6.04 Å². The fraction of sp³-hybridized carbons (Fsp3) is 0.571. The second-order valence-electron chi connectivity index (χ2n) is 2.75. The van der Waals surface area contributed by atoms with Crippen LogP contribution < -0.4 is 5.48 Å². The summed E-state index contributed by atoms with van der Waals surface area (Å²) in [7, 11) is 1.92. The third kappa shape index (κ3) is 1.27. The molecular formula is C7H11N3O. The Kier molecular flexibility index (Phi) is 1.63. The van der Waals surface area contributed by atoms with Gasteiger partial charge in [0, 0.05) is 18.8 Å². The molecule has 1 saturated heterocycles. The lowest BCUT2D eigenvalue weighted by Gasteiger charge is -2.02. The Morgan fingerprint density at radius 2 is 2.73 bits per heavy atom. The van der Waals surface area contributed by atoms with Crippen molar-refractivity contribution in [1.82, 2.24) is 15.3 Å². The van der Waals surface area contributed by atoms with Crippen LogP contribution in [0.4, 0.5) is 0 Å². The predicted octanol–water partition coefficient (Wildman–Crippen LogP) is 0.386. The number of aryl methyl sites for hydroxylation is 1. The lowest BCUT2D eigenvalue weighted by atomic mass is 10.1. The van der Waals surface area contributed by atoms with Gasteiger partial charge in [-0.15, -0.1) is 0 Å². The van der Waals surface area contributed by atoms with Crippen LogP contribution in [0.5, 0.6) is 0 Å². The zero-order chi connectivity index (χ0) is 7.68. The predicted molar refractivity (Wildman–Crippen MR) is 39.7 cm³/mol. The Bertz CT molecular complexity index is 240. The number of nitrogens with zero attached hydrogens (tertiary/aromatic N) is 2. The lowest BCUT2D eigenvalue weighted by Crippen LogP contribution is -2.10. The summed E-state index contributed by atoms with van der Waals surface area (Å²) in [5, 5.41) is 4.08. The van der Waals surface area contributed by atoms with Crippen LogP contribution in [-0.4, -0.2) is 16.4 Å². The first-order valence-corrected chi connectivity index (χ1v) is 3.72. The number of hydrogen-bond donors (Lipinski definition) is 1. The summed E-state index contributed by atoms with van der Waals surface area (Å²) in [5.41, 5.74) is 4.13. The van der Waals surface area contributed by atoms with Gasteiger partial charge in [-0.25, -0.2) is 0 Å². The van der Waals surface area contributed by atoms with Gasteiger partial charge in [-0.05, 0) is 6.42 Å². The molecule has 1 aliphatic rings. The summed E-state index contributed by atoms with van der Waals surface area (Å²) in [4.78, 5) is 5.03. The number of hydroxylamine groups is 1. The van der Waals surface area contributed by atoms with Crippen LogP contribution in [0.15, 0.2) is 12.4 Å². The van der Waals surface area contributed by atoms with E-state index in [4.69, 9.17) is 4.84 Å². The van der Waals surface area contributed by atoms with Crippen LogP contribution in [0.1, 0.15) is 18.0 Å². The molecule has 1 N–H and O–H groups in total. The molecule has 1 aromatic heterocycles. The van der Waals surface area contributed by atoms with Gasteiger partial charge in [-0.1, -0.05) is 0 Å². The molecule has 2 heterocycles. The van der Waals surface area contributed by atoms with Crippen molar-refractivity contribution in [1.29, 1.82) is 0 Å². The highest BCUT2D eigenvalue weighted by molar-refractivity contribution is 5.10. The summed E-state index contributed by atoms with van der Waals surface area (Å²) < 4.78 is 1.80. The number of aromatic nitrogens is 2. The number of hydrogen-bond acceptors (Lipinski definition) is 3. The molecule has 60 valence electrons. The molecule has 4 heteroatoms. The Morgan fingerprint density at radius 1 is 1.82 bits per heavy atom. The smallest absolute Gasteiger partial charge is 0.0701 e. The molecule has 1 aromatic rings. The molecule has 0 aromatic carbocycles. The first-order valence-electron chi connectivity index (χ1n) is 3.72. The quantitative estimate of drug-likeness (QED) is 0.634. The molecule has 1 aliphatic heterocycles. The van der Waals surface area contributed by atoms with Gasteiger partial charge in [-0.2, -0.15) is 10.6 Å². The van der Waals surface area contributed by atoms with Gasteiger partial charge in [0.25, 0.3) is 0 Å². The van der Waals surface area contributed by atoms with Crippen molar-refractivity contribution in [3.63, 3.8) is 0 Å². The second kappa shape index (κ2) is 2.64. The summed E-state index contributed by atoms with van der Waals surface area (Å²) in [6.45, 7) is 0.791. The molecule has 2 rings (SSSR count). The van der Waals surface area contributed by atoms with Crippen molar-refractivity contribution in [3.05, 3.63) is 18.0 Å². The Balaban J connectivity index is 2.15. The molecule has 1 atom stereocenters. The van der Waals surface area contributed by atoms with Gasteiger partial charge >= 0.3 is 0 Å². The summed E-state index contributed by atoms with van der Waals surface area (Å²) in [5.74, 6) is 0. The molecule has 0 amide bonds. The van der Waals surface area contributed by atoms with Gasteiger partial charge in [0.15, 0.2) is 0 Å². The van der Waals surface area contributed by atoms with Crippen LogP contribution in [0.2, 0.25) is 0 Å². The van der Waals surface area contributed by atoms with Gasteiger partial charge < -0.3 is 4.84 Å². The average molecular weight is 153 g/mol. The SMILES string of the molecule is Cn1cc([C@H]2CCON2)cn1. The van der Waals surface area contributed by atoms with Crippen molar-refractivity contribution in [2.75, 3.05) is 6.61 Å². The Morgan fingerprint density at radius 3 is 3.27 bits per heavy atom. The van der Waals surface area contributed by atoms with Gasteiger partial charge in [0.2, 0.25) is 0 Å². The number of nitrogens with one attached hydrogen (secondary N) is 1. The van der Waals surface area contributed by atoms with Gasteiger partial charge in [-0.3, -0.25) is 4.68 Å². The fourth-order valence-corrected chi connectivity index (χ4v) is 1.25. The molecule has 0 spiro atoms. The maximum Gasteiger partial charge on any atom is 0.0701 e. The van der Waals surface area contributed by atoms with E-state index in [9.17, 15) is 0 Å². The number of rotatable bonds is 1. The summed E-state index contributed by atoms with van der Waals surface area (Å²) >= 11 is 0. The van der Waals surface area contributed by atoms with Crippen molar-refractivity contribution in [2.24, 2.45) is 7.05 Å². The molecule has 4 nitrogen and oxygen atoms in total. The minimum atomic E-state index is 0.337. The molecule has 11 heavy (non-hydrogen) atoms. The second-order valence-corrected chi connectivity index (χ2v) is 2.75. The normalized spacial score (nSPS) is 24.3. The molecule has 0 saturated carbocycles. The van der Waals surface area contributed by atoms with Crippen molar-refractivity contribution < 1.29 is 4.84 Å². The molecule has 0 radical (unpaired) electrons. The van der Waals surface area contributed by atoms with Crippen LogP contribution in [-0.2, 0) is 11.9 Å². The Labute approximate surface area is 65.1 Å². The van der Waals surface area contributed by atoms with E-state index in [1.807, 2.05) is 19.4 Å². The molecule has 0 unspecified atom stereocenters. The minimum Gasteiger partial charge on any atom is -0.301 e. The molecular weight excluding hydrogens is 142 g/mol. The van der Waals surface area contributed by atoms with Crippen LogP contribution >= 0.6 is 0 Å². The fourth-order valence-electron chi connectivity index (χ4n) is 1.25. The highest BCUT2D eigenvalue weighted by atomic mass is 16.7. The van der Waals surface area contributed by atoms with E-state index in [2.05, 4.69) is 10.6 Å². The van der Waals surface area contributed by atoms with Crippen molar-refractivity contribution in [2.45, 2.75) is 12.5 Å². The lowest BCUT2D eigenvalue weighted by molar-refractivity contribution is 0.0883. The van der Waals surface area contributed by atoms with Gasteiger partial charge in [0.1, 0.15) is 0 Å². The van der Waals surface area contributed by atoms with Crippen LogP contribution in [0.3, 0.4) is 0 Å². The monoisotopic (exact) mass is 153 g/mol. The zero-order valence-electron chi connectivity index (χ0n) is 6.45. The topological polar surface area (TPSA) is 39.1 Å². The van der Waals surface area contributed by atoms with E-state index in [0.717, 1.165) is 13.0 Å². The highest BCUT2D eigenvalue weighted by Crippen LogP contribution is 2.19. The maximum atomic E-state index is 5.03. The van der Waals surface area contributed by atoms with E-state index in [-0.39, 0.29) is 0 Å². The molecule has 1 fully saturated rings. The standard InChI is InChI=1S/C7H11N3O/c1-10-5-6(4-8-10)7-2-3-11-9-7/h4-5,7,9H,2-3H2,1H3/t7-/m1/s1. The van der Waals surface area contributed by atoms with E-state index in [1.54, 1.807) is 4.68 Å². The first kappa shape index (κ1) is 6.82. The average Bonchev–Trinajstić information content (AvgIpc) is 2.55. The summed E-state index contributed by atoms with van der Waals surface area (Å²) in [6, 6.07) is 0.337. The van der Waals surface area contributed by atoms with E-state index < -0.39 is 0 Å². The zero-order valence-corrected chi connectivity index (χ0v) is 6.45. The maximum absolute atomic E-state index is 5.03. The largest absolute Gasteiger partial charge is 0.301 e. The Hall–Kier alpha value is -0.870. The van der Waals surface area contributed by atoms with E-state index in [1.165, 1.54) is 5.56 Å². The van der Waals surface area contributed by atoms with E-state index >= 15 is 0 Å². The third-order valence-corrected chi connectivity index (χ3v) is 1.86. The first-order chi connectivity index (χ1) is 5.36. The van der Waals surface area contributed by atoms with Crippen molar-refractivity contribution in [3.8, 4) is 0 Å².